The molecular weight excluding hydrogens is 290 g/mol. The minimum absolute atomic E-state index is 0.140. The molecule has 1 atom stereocenters. The molecular formula is C15H23NO4S. The normalized spacial score (nSPS) is 24.0. The minimum Gasteiger partial charge on any atom is -0.494 e. The van der Waals surface area contributed by atoms with Gasteiger partial charge in [0.15, 0.2) is 0 Å². The van der Waals surface area contributed by atoms with Crippen molar-refractivity contribution >= 4 is 10.0 Å². The van der Waals surface area contributed by atoms with E-state index in [-0.39, 0.29) is 11.4 Å². The molecule has 1 aliphatic rings. The van der Waals surface area contributed by atoms with Gasteiger partial charge in [0.05, 0.1) is 17.1 Å². The Hall–Kier alpha value is -1.11. The second-order valence-corrected chi connectivity index (χ2v) is 7.74. The molecule has 5 nitrogen and oxygen atoms in total. The van der Waals surface area contributed by atoms with Gasteiger partial charge in [-0.05, 0) is 57.4 Å². The fraction of sp³-hybridized carbons (Fsp3) is 0.600. The zero-order chi connectivity index (χ0) is 15.7. The maximum atomic E-state index is 12.7. The number of aryl methyl sites for hydroxylation is 1. The molecule has 1 aromatic rings. The molecule has 1 unspecified atom stereocenters. The van der Waals surface area contributed by atoms with Gasteiger partial charge in [-0.1, -0.05) is 0 Å². The number of piperidine rings is 1. The Bertz CT molecular complexity index is 610. The van der Waals surface area contributed by atoms with Crippen molar-refractivity contribution < 1.29 is 18.3 Å². The van der Waals surface area contributed by atoms with Crippen molar-refractivity contribution in [3.05, 3.63) is 23.8 Å². The van der Waals surface area contributed by atoms with Crippen molar-refractivity contribution in [1.82, 2.24) is 4.31 Å². The Labute approximate surface area is 126 Å². The first-order valence-corrected chi connectivity index (χ1v) is 8.66. The zero-order valence-corrected chi connectivity index (χ0v) is 13.6. The lowest BCUT2D eigenvalue weighted by atomic mass is 9.97. The first kappa shape index (κ1) is 16.3. The highest BCUT2D eigenvalue weighted by molar-refractivity contribution is 7.89. The molecule has 0 aromatic heterocycles. The van der Waals surface area contributed by atoms with Gasteiger partial charge < -0.3 is 9.84 Å². The van der Waals surface area contributed by atoms with Crippen LogP contribution in [0.1, 0.15) is 32.3 Å². The summed E-state index contributed by atoms with van der Waals surface area (Å²) in [5.41, 5.74) is -0.160. The van der Waals surface area contributed by atoms with Gasteiger partial charge in [0.25, 0.3) is 0 Å². The van der Waals surface area contributed by atoms with Crippen LogP contribution in [-0.2, 0) is 10.0 Å². The largest absolute Gasteiger partial charge is 0.494 e. The van der Waals surface area contributed by atoms with E-state index in [4.69, 9.17) is 4.74 Å². The van der Waals surface area contributed by atoms with Gasteiger partial charge in [-0.2, -0.15) is 4.31 Å². The van der Waals surface area contributed by atoms with Crippen LogP contribution < -0.4 is 4.74 Å². The SMILES string of the molecule is CCOc1ccc(S(=O)(=O)N2CCCC(C)(O)C2)cc1C. The summed E-state index contributed by atoms with van der Waals surface area (Å²) < 4.78 is 32.1. The van der Waals surface area contributed by atoms with Crippen molar-refractivity contribution in [3.63, 3.8) is 0 Å². The molecule has 1 saturated heterocycles. The summed E-state index contributed by atoms with van der Waals surface area (Å²) in [6.07, 6.45) is 1.30. The van der Waals surface area contributed by atoms with E-state index in [0.29, 0.717) is 31.7 Å². The summed E-state index contributed by atoms with van der Waals surface area (Å²) in [5, 5.41) is 10.1. The van der Waals surface area contributed by atoms with Crippen molar-refractivity contribution in [2.75, 3.05) is 19.7 Å². The van der Waals surface area contributed by atoms with E-state index < -0.39 is 15.6 Å². The molecule has 2 rings (SSSR count). The molecule has 0 bridgehead atoms. The second-order valence-electron chi connectivity index (χ2n) is 5.80. The van der Waals surface area contributed by atoms with E-state index in [1.165, 1.54) is 4.31 Å². The summed E-state index contributed by atoms with van der Waals surface area (Å²) >= 11 is 0. The van der Waals surface area contributed by atoms with E-state index in [1.807, 2.05) is 13.8 Å². The lowest BCUT2D eigenvalue weighted by molar-refractivity contribution is 0.00940. The number of nitrogens with zero attached hydrogens (tertiary/aromatic N) is 1. The number of β-amino-alcohol motifs (C(OH)–C–C–N with tert-alkyl or cyclic N) is 1. The summed E-state index contributed by atoms with van der Waals surface area (Å²) in [6.45, 7) is 6.53. The number of sulfonamides is 1. The molecule has 1 fully saturated rings. The fourth-order valence-corrected chi connectivity index (χ4v) is 4.31. The fourth-order valence-electron chi connectivity index (χ4n) is 2.63. The average molecular weight is 313 g/mol. The van der Waals surface area contributed by atoms with Crippen LogP contribution in [-0.4, -0.2) is 43.1 Å². The molecule has 0 radical (unpaired) electrons. The van der Waals surface area contributed by atoms with Crippen molar-refractivity contribution in [3.8, 4) is 5.75 Å². The lowest BCUT2D eigenvalue weighted by Gasteiger charge is -2.36. The Morgan fingerprint density at radius 2 is 2.14 bits per heavy atom. The van der Waals surface area contributed by atoms with Crippen LogP contribution in [0, 0.1) is 6.92 Å². The maximum Gasteiger partial charge on any atom is 0.243 e. The first-order chi connectivity index (χ1) is 9.76. The molecule has 21 heavy (non-hydrogen) atoms. The second kappa shape index (κ2) is 5.94. The highest BCUT2D eigenvalue weighted by Gasteiger charge is 2.35. The van der Waals surface area contributed by atoms with E-state index in [0.717, 1.165) is 5.56 Å². The molecule has 6 heteroatoms. The molecule has 0 amide bonds. The molecule has 1 aromatic carbocycles. The Balaban J connectivity index is 2.29. The number of benzene rings is 1. The van der Waals surface area contributed by atoms with Gasteiger partial charge >= 0.3 is 0 Å². The van der Waals surface area contributed by atoms with Crippen molar-refractivity contribution in [1.29, 1.82) is 0 Å². The summed E-state index contributed by atoms with van der Waals surface area (Å²) in [5.74, 6) is 0.696. The van der Waals surface area contributed by atoms with E-state index >= 15 is 0 Å². The predicted octanol–water partition coefficient (Wildman–Crippen LogP) is 1.93. The Kier molecular flexibility index (Phi) is 4.60. The number of rotatable bonds is 4. The van der Waals surface area contributed by atoms with Gasteiger partial charge in [-0.3, -0.25) is 0 Å². The van der Waals surface area contributed by atoms with Gasteiger partial charge in [-0.25, -0.2) is 8.42 Å². The molecule has 0 aliphatic carbocycles. The third-order valence-corrected chi connectivity index (χ3v) is 5.57. The number of ether oxygens (including phenoxy) is 1. The monoisotopic (exact) mass is 313 g/mol. The number of aliphatic hydroxyl groups is 1. The van der Waals surface area contributed by atoms with Crippen molar-refractivity contribution in [2.24, 2.45) is 0 Å². The van der Waals surface area contributed by atoms with Crippen LogP contribution >= 0.6 is 0 Å². The van der Waals surface area contributed by atoms with E-state index in [1.54, 1.807) is 25.1 Å². The Morgan fingerprint density at radius 1 is 1.43 bits per heavy atom. The van der Waals surface area contributed by atoms with Gasteiger partial charge in [-0.15, -0.1) is 0 Å². The molecule has 1 N–H and O–H groups in total. The maximum absolute atomic E-state index is 12.7. The highest BCUT2D eigenvalue weighted by Crippen LogP contribution is 2.28. The van der Waals surface area contributed by atoms with Crippen LogP contribution in [0.15, 0.2) is 23.1 Å². The molecule has 0 spiro atoms. The number of hydrogen-bond donors (Lipinski definition) is 1. The minimum atomic E-state index is -3.57. The third kappa shape index (κ3) is 3.56. The topological polar surface area (TPSA) is 66.8 Å². The van der Waals surface area contributed by atoms with Gasteiger partial charge in [0.1, 0.15) is 5.75 Å². The molecule has 1 heterocycles. The summed E-state index contributed by atoms with van der Waals surface area (Å²) in [4.78, 5) is 0.251. The molecule has 118 valence electrons. The summed E-state index contributed by atoms with van der Waals surface area (Å²) in [6, 6.07) is 4.88. The summed E-state index contributed by atoms with van der Waals surface area (Å²) in [7, 11) is -3.57. The van der Waals surface area contributed by atoms with E-state index in [2.05, 4.69) is 0 Å². The van der Waals surface area contributed by atoms with Crippen LogP contribution in [0.5, 0.6) is 5.75 Å². The van der Waals surface area contributed by atoms with Gasteiger partial charge in [0, 0.05) is 13.1 Å². The highest BCUT2D eigenvalue weighted by atomic mass is 32.2. The smallest absolute Gasteiger partial charge is 0.243 e. The third-order valence-electron chi connectivity index (χ3n) is 3.72. The number of hydrogen-bond acceptors (Lipinski definition) is 4. The average Bonchev–Trinajstić information content (AvgIpc) is 2.40. The Morgan fingerprint density at radius 3 is 2.71 bits per heavy atom. The standard InChI is InChI=1S/C15H23NO4S/c1-4-20-14-7-6-13(10-12(14)2)21(18,19)16-9-5-8-15(3,17)11-16/h6-7,10,17H,4-5,8-9,11H2,1-3H3. The first-order valence-electron chi connectivity index (χ1n) is 7.22. The molecule has 1 aliphatic heterocycles. The van der Waals surface area contributed by atoms with Crippen LogP contribution in [0.25, 0.3) is 0 Å². The van der Waals surface area contributed by atoms with E-state index in [9.17, 15) is 13.5 Å². The van der Waals surface area contributed by atoms with Crippen molar-refractivity contribution in [2.45, 2.75) is 44.1 Å². The van der Waals surface area contributed by atoms with Crippen LogP contribution in [0.3, 0.4) is 0 Å². The van der Waals surface area contributed by atoms with Crippen LogP contribution in [0.2, 0.25) is 0 Å². The van der Waals surface area contributed by atoms with Crippen LogP contribution in [0.4, 0.5) is 0 Å². The predicted molar refractivity (Wildman–Crippen MR) is 81.0 cm³/mol. The lowest BCUT2D eigenvalue weighted by Crippen LogP contribution is -2.48. The zero-order valence-electron chi connectivity index (χ0n) is 12.8. The molecule has 0 saturated carbocycles. The van der Waals surface area contributed by atoms with Gasteiger partial charge in [0.2, 0.25) is 10.0 Å². The quantitative estimate of drug-likeness (QED) is 0.922.